The summed E-state index contributed by atoms with van der Waals surface area (Å²) in [5.74, 6) is -0.0530. The minimum absolute atomic E-state index is 0.00266. The van der Waals surface area contributed by atoms with Crippen LogP contribution in [0.15, 0.2) is 18.2 Å². The Morgan fingerprint density at radius 3 is 2.37 bits per heavy atom. The van der Waals surface area contributed by atoms with E-state index in [1.54, 1.807) is 0 Å². The molecule has 0 aliphatic carbocycles. The van der Waals surface area contributed by atoms with Crippen molar-refractivity contribution in [1.29, 1.82) is 0 Å². The molecule has 0 saturated heterocycles. The molecular weight excluding hydrogens is 258 g/mol. The van der Waals surface area contributed by atoms with Crippen LogP contribution in [0.25, 0.3) is 5.57 Å². The fraction of sp³-hybridized carbons (Fsp3) is 0.438. The molecule has 0 unspecified atom stereocenters. The first-order valence-corrected chi connectivity index (χ1v) is 7.01. The zero-order chi connectivity index (χ0) is 14.4. The van der Waals surface area contributed by atoms with Gasteiger partial charge in [0.1, 0.15) is 5.88 Å². The maximum Gasteiger partial charge on any atom is 0.242 e. The van der Waals surface area contributed by atoms with E-state index in [9.17, 15) is 4.79 Å². The molecule has 0 saturated carbocycles. The Bertz CT molecular complexity index is 572. The van der Waals surface area contributed by atoms with E-state index in [1.807, 2.05) is 18.7 Å². The molecule has 3 heteroatoms. The number of hydrogen-bond donors (Lipinski definition) is 0. The van der Waals surface area contributed by atoms with Crippen LogP contribution in [-0.4, -0.2) is 17.3 Å². The van der Waals surface area contributed by atoms with Crippen LogP contribution in [0.4, 0.5) is 5.69 Å². The van der Waals surface area contributed by atoms with Crippen LogP contribution in [0, 0.1) is 13.8 Å². The average molecular weight is 278 g/mol. The Labute approximate surface area is 120 Å². The number of anilines is 1. The first-order chi connectivity index (χ1) is 8.77. The molecule has 0 bridgehead atoms. The van der Waals surface area contributed by atoms with E-state index in [2.05, 4.69) is 39.0 Å². The third-order valence-electron chi connectivity index (χ3n) is 3.79. The van der Waals surface area contributed by atoms with Crippen LogP contribution in [0.3, 0.4) is 0 Å². The fourth-order valence-electron chi connectivity index (χ4n) is 2.80. The van der Waals surface area contributed by atoms with Crippen molar-refractivity contribution in [3.8, 4) is 0 Å². The van der Waals surface area contributed by atoms with Gasteiger partial charge in [0.15, 0.2) is 0 Å². The summed E-state index contributed by atoms with van der Waals surface area (Å²) < 4.78 is 0. The molecule has 2 nitrogen and oxygen atoms in total. The smallest absolute Gasteiger partial charge is 0.242 e. The van der Waals surface area contributed by atoms with E-state index in [0.29, 0.717) is 0 Å². The van der Waals surface area contributed by atoms with Crippen LogP contribution in [0.5, 0.6) is 0 Å². The quantitative estimate of drug-likeness (QED) is 0.709. The highest BCUT2D eigenvalue weighted by molar-refractivity contribution is 6.29. The van der Waals surface area contributed by atoms with E-state index < -0.39 is 0 Å². The average Bonchev–Trinajstić information content (AvgIpc) is 2.30. The van der Waals surface area contributed by atoms with Crippen molar-refractivity contribution in [1.82, 2.24) is 0 Å². The van der Waals surface area contributed by atoms with Gasteiger partial charge in [0.25, 0.3) is 0 Å². The third-order valence-corrected chi connectivity index (χ3v) is 4.02. The van der Waals surface area contributed by atoms with Gasteiger partial charge >= 0.3 is 0 Å². The number of fused-ring (bicyclic) bond motifs is 1. The van der Waals surface area contributed by atoms with E-state index in [-0.39, 0.29) is 17.3 Å². The normalized spacial score (nSPS) is 16.9. The molecule has 102 valence electrons. The molecule has 0 aromatic heterocycles. The van der Waals surface area contributed by atoms with Crippen molar-refractivity contribution >= 4 is 28.8 Å². The predicted molar refractivity (Wildman–Crippen MR) is 81.9 cm³/mol. The van der Waals surface area contributed by atoms with Gasteiger partial charge in [-0.25, -0.2) is 0 Å². The topological polar surface area (TPSA) is 20.3 Å². The summed E-state index contributed by atoms with van der Waals surface area (Å²) in [5, 5.41) is 0. The summed E-state index contributed by atoms with van der Waals surface area (Å²) in [4.78, 5) is 14.0. The Morgan fingerprint density at radius 1 is 1.21 bits per heavy atom. The summed E-state index contributed by atoms with van der Waals surface area (Å²) in [6, 6.07) is 4.24. The lowest BCUT2D eigenvalue weighted by atomic mass is 9.87. The number of benzene rings is 1. The van der Waals surface area contributed by atoms with Crippen LogP contribution in [0.2, 0.25) is 0 Å². The highest BCUT2D eigenvalue weighted by Gasteiger charge is 2.35. The Balaban J connectivity index is 2.71. The minimum Gasteiger partial charge on any atom is -0.302 e. The lowest BCUT2D eigenvalue weighted by Gasteiger charge is -2.41. The van der Waals surface area contributed by atoms with Gasteiger partial charge in [-0.2, -0.15) is 0 Å². The fourth-order valence-corrected chi connectivity index (χ4v) is 2.92. The number of halogens is 1. The number of rotatable bonds is 1. The molecule has 1 heterocycles. The second kappa shape index (κ2) is 4.68. The van der Waals surface area contributed by atoms with Crippen molar-refractivity contribution in [2.24, 2.45) is 0 Å². The maximum atomic E-state index is 12.2. The number of aryl methyl sites for hydroxylation is 2. The number of allylic oxidation sites excluding steroid dienone is 1. The summed E-state index contributed by atoms with van der Waals surface area (Å²) in [6.07, 6.45) is 2.13. The maximum absolute atomic E-state index is 12.2. The van der Waals surface area contributed by atoms with Gasteiger partial charge in [-0.3, -0.25) is 4.79 Å². The van der Waals surface area contributed by atoms with E-state index in [4.69, 9.17) is 11.6 Å². The number of alkyl halides is 1. The molecule has 1 aliphatic heterocycles. The predicted octanol–water partition coefficient (Wildman–Crippen LogP) is 4.07. The number of carbonyl (C=O) groups is 1. The Kier molecular flexibility index (Phi) is 3.48. The van der Waals surface area contributed by atoms with E-state index in [0.717, 1.165) is 11.3 Å². The van der Waals surface area contributed by atoms with Crippen molar-refractivity contribution < 1.29 is 4.79 Å². The summed E-state index contributed by atoms with van der Waals surface area (Å²) in [7, 11) is 0. The molecular formula is C16H20ClNO. The molecule has 1 aromatic rings. The monoisotopic (exact) mass is 277 g/mol. The molecule has 19 heavy (non-hydrogen) atoms. The van der Waals surface area contributed by atoms with E-state index >= 15 is 0 Å². The van der Waals surface area contributed by atoms with Crippen LogP contribution >= 0.6 is 11.6 Å². The largest absolute Gasteiger partial charge is 0.302 e. The van der Waals surface area contributed by atoms with Gasteiger partial charge in [0, 0.05) is 5.56 Å². The highest BCUT2D eigenvalue weighted by atomic mass is 35.5. The lowest BCUT2D eigenvalue weighted by molar-refractivity contribution is -0.117. The van der Waals surface area contributed by atoms with Crippen LogP contribution in [-0.2, 0) is 4.79 Å². The summed E-state index contributed by atoms with van der Waals surface area (Å²) in [6.45, 7) is 10.3. The van der Waals surface area contributed by atoms with Crippen molar-refractivity contribution in [3.63, 3.8) is 0 Å². The first kappa shape index (κ1) is 14.1. The van der Waals surface area contributed by atoms with Gasteiger partial charge < -0.3 is 4.90 Å². The number of carbonyl (C=O) groups excluding carboxylic acids is 1. The van der Waals surface area contributed by atoms with Crippen molar-refractivity contribution in [2.45, 2.75) is 40.2 Å². The number of nitrogens with zero attached hydrogens (tertiary/aromatic N) is 1. The molecule has 2 rings (SSSR count). The molecule has 0 N–H and O–H groups in total. The summed E-state index contributed by atoms with van der Waals surface area (Å²) >= 11 is 5.77. The SMILES string of the molecule is CC1=CC(C)(C)N(C(=O)CCl)c2cc(C)c(C)cc21. The zero-order valence-electron chi connectivity index (χ0n) is 12.2. The van der Waals surface area contributed by atoms with Gasteiger partial charge in [0.05, 0.1) is 11.2 Å². The highest BCUT2D eigenvalue weighted by Crippen LogP contribution is 2.40. The lowest BCUT2D eigenvalue weighted by Crippen LogP contribution is -2.49. The molecule has 0 atom stereocenters. The molecule has 0 radical (unpaired) electrons. The minimum atomic E-state index is -0.343. The van der Waals surface area contributed by atoms with Crippen molar-refractivity contribution in [2.75, 3.05) is 10.8 Å². The molecule has 0 spiro atoms. The Hall–Kier alpha value is -1.28. The van der Waals surface area contributed by atoms with Gasteiger partial charge in [-0.1, -0.05) is 6.08 Å². The van der Waals surface area contributed by atoms with Gasteiger partial charge in [-0.05, 0) is 63.5 Å². The second-order valence-corrected chi connectivity index (χ2v) is 6.06. The third kappa shape index (κ3) is 2.30. The van der Waals surface area contributed by atoms with E-state index in [1.165, 1.54) is 16.7 Å². The number of hydrogen-bond acceptors (Lipinski definition) is 1. The number of amides is 1. The van der Waals surface area contributed by atoms with Crippen LogP contribution < -0.4 is 4.90 Å². The molecule has 0 fully saturated rings. The first-order valence-electron chi connectivity index (χ1n) is 6.48. The summed E-state index contributed by atoms with van der Waals surface area (Å²) in [5.41, 5.74) is 5.40. The molecule has 1 amide bonds. The Morgan fingerprint density at radius 2 is 1.79 bits per heavy atom. The van der Waals surface area contributed by atoms with Gasteiger partial charge in [0.2, 0.25) is 5.91 Å². The van der Waals surface area contributed by atoms with Gasteiger partial charge in [-0.15, -0.1) is 11.6 Å². The van der Waals surface area contributed by atoms with Crippen molar-refractivity contribution in [3.05, 3.63) is 34.9 Å². The van der Waals surface area contributed by atoms with Crippen LogP contribution in [0.1, 0.15) is 37.5 Å². The second-order valence-electron chi connectivity index (χ2n) is 5.80. The molecule has 1 aromatic carbocycles. The zero-order valence-corrected chi connectivity index (χ0v) is 12.9. The molecule has 1 aliphatic rings. The standard InChI is InChI=1S/C16H20ClNO/c1-10-6-13-12(3)8-16(4,5)18(15(19)9-17)14(13)7-11(10)2/h6-8H,9H2,1-5H3.